The van der Waals surface area contributed by atoms with Crippen molar-refractivity contribution in [3.05, 3.63) is 54.0 Å². The van der Waals surface area contributed by atoms with Gasteiger partial charge in [0.25, 0.3) is 0 Å². The summed E-state index contributed by atoms with van der Waals surface area (Å²) in [5.74, 6) is 0.874. The Morgan fingerprint density at radius 2 is 1.90 bits per heavy atom. The standard InChI is InChI=1S/C15H19NO3S/c1-12-5-7-14(8-6-12)20(17,18)11-9-16-13(2)15-4-3-10-19-15/h3-8,10,13,16H,9,11H2,1-2H3. The van der Waals surface area contributed by atoms with Gasteiger partial charge in [-0.2, -0.15) is 0 Å². The van der Waals surface area contributed by atoms with Crippen molar-refractivity contribution in [3.8, 4) is 0 Å². The summed E-state index contributed by atoms with van der Waals surface area (Å²) in [5, 5.41) is 3.15. The third-order valence-corrected chi connectivity index (χ3v) is 4.90. The summed E-state index contributed by atoms with van der Waals surface area (Å²) in [6.07, 6.45) is 1.61. The molecule has 1 N–H and O–H groups in total. The number of benzene rings is 1. The summed E-state index contributed by atoms with van der Waals surface area (Å²) in [5.41, 5.74) is 1.05. The summed E-state index contributed by atoms with van der Waals surface area (Å²) in [6.45, 7) is 4.26. The van der Waals surface area contributed by atoms with Crippen molar-refractivity contribution in [3.63, 3.8) is 0 Å². The number of aryl methyl sites for hydroxylation is 1. The predicted molar refractivity (Wildman–Crippen MR) is 78.4 cm³/mol. The Morgan fingerprint density at radius 1 is 1.20 bits per heavy atom. The van der Waals surface area contributed by atoms with E-state index in [4.69, 9.17) is 4.42 Å². The van der Waals surface area contributed by atoms with Gasteiger partial charge in [-0.1, -0.05) is 17.7 Å². The fourth-order valence-electron chi connectivity index (χ4n) is 1.91. The van der Waals surface area contributed by atoms with Crippen LogP contribution in [0, 0.1) is 6.92 Å². The molecule has 20 heavy (non-hydrogen) atoms. The number of furan rings is 1. The lowest BCUT2D eigenvalue weighted by Gasteiger charge is -2.11. The van der Waals surface area contributed by atoms with E-state index >= 15 is 0 Å². The maximum Gasteiger partial charge on any atom is 0.179 e. The molecule has 0 aliphatic carbocycles. The van der Waals surface area contributed by atoms with Gasteiger partial charge in [-0.05, 0) is 38.1 Å². The van der Waals surface area contributed by atoms with Gasteiger partial charge < -0.3 is 9.73 Å². The van der Waals surface area contributed by atoms with Crippen LogP contribution in [0.25, 0.3) is 0 Å². The van der Waals surface area contributed by atoms with Gasteiger partial charge in [0.15, 0.2) is 9.84 Å². The molecule has 0 spiro atoms. The molecule has 1 atom stereocenters. The van der Waals surface area contributed by atoms with Crippen LogP contribution in [0.15, 0.2) is 52.0 Å². The van der Waals surface area contributed by atoms with Crippen molar-refractivity contribution >= 4 is 9.84 Å². The average molecular weight is 293 g/mol. The zero-order chi connectivity index (χ0) is 14.6. The highest BCUT2D eigenvalue weighted by atomic mass is 32.2. The molecule has 2 aromatic rings. The van der Waals surface area contributed by atoms with Gasteiger partial charge >= 0.3 is 0 Å². The minimum Gasteiger partial charge on any atom is -0.468 e. The lowest BCUT2D eigenvalue weighted by atomic mass is 10.2. The van der Waals surface area contributed by atoms with Crippen LogP contribution in [0.3, 0.4) is 0 Å². The molecule has 0 bridgehead atoms. The third kappa shape index (κ3) is 3.71. The fraction of sp³-hybridized carbons (Fsp3) is 0.333. The second-order valence-corrected chi connectivity index (χ2v) is 6.93. The van der Waals surface area contributed by atoms with Gasteiger partial charge in [0.2, 0.25) is 0 Å². The molecule has 5 heteroatoms. The van der Waals surface area contributed by atoms with E-state index in [9.17, 15) is 8.42 Å². The highest BCUT2D eigenvalue weighted by Crippen LogP contribution is 2.14. The summed E-state index contributed by atoms with van der Waals surface area (Å²) in [6, 6.07) is 10.6. The van der Waals surface area contributed by atoms with Gasteiger partial charge in [-0.15, -0.1) is 0 Å². The quantitative estimate of drug-likeness (QED) is 0.889. The Balaban J connectivity index is 1.91. The maximum atomic E-state index is 12.1. The Hall–Kier alpha value is -1.59. The van der Waals surface area contributed by atoms with Crippen LogP contribution in [0.1, 0.15) is 24.3 Å². The first-order valence-electron chi connectivity index (χ1n) is 6.55. The molecule has 108 valence electrons. The van der Waals surface area contributed by atoms with Crippen LogP contribution in [-0.4, -0.2) is 20.7 Å². The lowest BCUT2D eigenvalue weighted by Crippen LogP contribution is -2.25. The van der Waals surface area contributed by atoms with Gasteiger partial charge in [-0.25, -0.2) is 8.42 Å². The predicted octanol–water partition coefficient (Wildman–Crippen LogP) is 2.71. The third-order valence-electron chi connectivity index (χ3n) is 3.17. The molecular formula is C15H19NO3S. The summed E-state index contributed by atoms with van der Waals surface area (Å²) in [4.78, 5) is 0.371. The molecule has 0 saturated heterocycles. The highest BCUT2D eigenvalue weighted by molar-refractivity contribution is 7.91. The summed E-state index contributed by atoms with van der Waals surface area (Å²) in [7, 11) is -3.23. The van der Waals surface area contributed by atoms with Crippen molar-refractivity contribution in [2.24, 2.45) is 0 Å². The zero-order valence-corrected chi connectivity index (χ0v) is 12.5. The summed E-state index contributed by atoms with van der Waals surface area (Å²) < 4.78 is 29.6. The second-order valence-electron chi connectivity index (χ2n) is 4.82. The van der Waals surface area contributed by atoms with E-state index in [0.29, 0.717) is 11.4 Å². The van der Waals surface area contributed by atoms with E-state index in [0.717, 1.165) is 11.3 Å². The second kappa shape index (κ2) is 6.24. The molecular weight excluding hydrogens is 274 g/mol. The normalized spacial score (nSPS) is 13.3. The fourth-order valence-corrected chi connectivity index (χ4v) is 3.08. The van der Waals surface area contributed by atoms with E-state index in [-0.39, 0.29) is 11.8 Å². The summed E-state index contributed by atoms with van der Waals surface area (Å²) >= 11 is 0. The number of nitrogens with one attached hydrogen (secondary N) is 1. The molecule has 4 nitrogen and oxygen atoms in total. The van der Waals surface area contributed by atoms with E-state index in [1.807, 2.05) is 38.1 Å². The highest BCUT2D eigenvalue weighted by Gasteiger charge is 2.15. The Bertz CT molecular complexity index is 630. The smallest absolute Gasteiger partial charge is 0.179 e. The molecule has 0 aliphatic rings. The average Bonchev–Trinajstić information content (AvgIpc) is 2.93. The van der Waals surface area contributed by atoms with Crippen LogP contribution in [0.5, 0.6) is 0 Å². The number of sulfone groups is 1. The monoisotopic (exact) mass is 293 g/mol. The molecule has 1 heterocycles. The molecule has 1 aromatic carbocycles. The minimum absolute atomic E-state index is 0.00165. The first kappa shape index (κ1) is 14.8. The number of rotatable bonds is 6. The lowest BCUT2D eigenvalue weighted by molar-refractivity contribution is 0.437. The number of hydrogen-bond donors (Lipinski definition) is 1. The van der Waals surface area contributed by atoms with E-state index in [1.54, 1.807) is 18.4 Å². The van der Waals surface area contributed by atoms with E-state index in [2.05, 4.69) is 5.32 Å². The van der Waals surface area contributed by atoms with Gasteiger partial charge in [0.1, 0.15) is 5.76 Å². The first-order valence-corrected chi connectivity index (χ1v) is 8.20. The first-order chi connectivity index (χ1) is 9.49. The van der Waals surface area contributed by atoms with Crippen molar-refractivity contribution in [1.82, 2.24) is 5.32 Å². The topological polar surface area (TPSA) is 59.3 Å². The van der Waals surface area contributed by atoms with Crippen LogP contribution in [0.2, 0.25) is 0 Å². The minimum atomic E-state index is -3.23. The van der Waals surface area contributed by atoms with Crippen LogP contribution < -0.4 is 5.32 Å². The van der Waals surface area contributed by atoms with Crippen LogP contribution >= 0.6 is 0 Å². The van der Waals surface area contributed by atoms with Crippen LogP contribution in [0.4, 0.5) is 0 Å². The van der Waals surface area contributed by atoms with Crippen molar-refractivity contribution in [2.75, 3.05) is 12.3 Å². The zero-order valence-electron chi connectivity index (χ0n) is 11.7. The molecule has 0 amide bonds. The van der Waals surface area contributed by atoms with Crippen molar-refractivity contribution < 1.29 is 12.8 Å². The Kier molecular flexibility index (Phi) is 4.62. The molecule has 1 aromatic heterocycles. The SMILES string of the molecule is Cc1ccc(S(=O)(=O)CCNC(C)c2ccco2)cc1. The maximum absolute atomic E-state index is 12.1. The van der Waals surface area contributed by atoms with Gasteiger partial charge in [0.05, 0.1) is 23.0 Å². The Labute approximate surface area is 119 Å². The number of hydrogen-bond acceptors (Lipinski definition) is 4. The van der Waals surface area contributed by atoms with Crippen LogP contribution in [-0.2, 0) is 9.84 Å². The molecule has 1 unspecified atom stereocenters. The van der Waals surface area contributed by atoms with Gasteiger partial charge in [-0.3, -0.25) is 0 Å². The molecule has 0 saturated carbocycles. The molecule has 2 rings (SSSR count). The Morgan fingerprint density at radius 3 is 2.50 bits per heavy atom. The van der Waals surface area contributed by atoms with E-state index < -0.39 is 9.84 Å². The van der Waals surface area contributed by atoms with Gasteiger partial charge in [0, 0.05) is 6.54 Å². The van der Waals surface area contributed by atoms with Crippen molar-refractivity contribution in [2.45, 2.75) is 24.8 Å². The molecule has 0 radical (unpaired) electrons. The molecule has 0 aliphatic heterocycles. The largest absolute Gasteiger partial charge is 0.468 e. The van der Waals surface area contributed by atoms with Crippen molar-refractivity contribution in [1.29, 1.82) is 0 Å². The van der Waals surface area contributed by atoms with E-state index in [1.165, 1.54) is 0 Å². The molecule has 0 fully saturated rings.